The molecule has 0 aliphatic heterocycles. The molecule has 0 aromatic rings. The van der Waals surface area contributed by atoms with Crippen LogP contribution in [0.3, 0.4) is 0 Å². The molecule has 0 unspecified atom stereocenters. The highest BCUT2D eigenvalue weighted by atomic mass is 32.2. The van der Waals surface area contributed by atoms with E-state index in [1.54, 1.807) is 6.92 Å². The summed E-state index contributed by atoms with van der Waals surface area (Å²) in [5.41, 5.74) is 4.21. The first-order chi connectivity index (χ1) is 5.71. The Hall–Kier alpha value is -0.620. The van der Waals surface area contributed by atoms with E-state index >= 15 is 0 Å². The SMILES string of the molecule is CC[C@](N)(CC[S@](C)(=N)=O)C(=O)O. The Bertz CT molecular complexity index is 286. The lowest BCUT2D eigenvalue weighted by atomic mass is 9.95. The summed E-state index contributed by atoms with van der Waals surface area (Å²) in [6, 6.07) is 0. The van der Waals surface area contributed by atoms with Crippen molar-refractivity contribution in [3.8, 4) is 0 Å². The highest BCUT2D eigenvalue weighted by Gasteiger charge is 2.31. The van der Waals surface area contributed by atoms with Gasteiger partial charge in [-0.05, 0) is 12.8 Å². The molecule has 0 bridgehead atoms. The second-order valence-corrected chi connectivity index (χ2v) is 5.69. The molecule has 5 nitrogen and oxygen atoms in total. The van der Waals surface area contributed by atoms with Crippen molar-refractivity contribution in [1.82, 2.24) is 0 Å². The van der Waals surface area contributed by atoms with E-state index in [0.29, 0.717) is 0 Å². The van der Waals surface area contributed by atoms with Gasteiger partial charge >= 0.3 is 5.97 Å². The number of carboxylic acids is 1. The van der Waals surface area contributed by atoms with Crippen LogP contribution in [0.15, 0.2) is 0 Å². The van der Waals surface area contributed by atoms with Crippen LogP contribution in [-0.2, 0) is 14.5 Å². The Kier molecular flexibility index (Phi) is 3.87. The number of aliphatic carboxylic acids is 1. The Morgan fingerprint density at radius 3 is 2.38 bits per heavy atom. The van der Waals surface area contributed by atoms with Crippen LogP contribution in [0, 0.1) is 4.78 Å². The van der Waals surface area contributed by atoms with Gasteiger partial charge in [0.2, 0.25) is 0 Å². The van der Waals surface area contributed by atoms with Crippen molar-refractivity contribution in [1.29, 1.82) is 4.78 Å². The maximum atomic E-state index is 11.0. The Morgan fingerprint density at radius 1 is 1.69 bits per heavy atom. The Morgan fingerprint density at radius 2 is 2.15 bits per heavy atom. The molecule has 0 aliphatic carbocycles. The molecule has 0 spiro atoms. The first-order valence-electron chi connectivity index (χ1n) is 3.95. The van der Waals surface area contributed by atoms with Crippen LogP contribution in [0.25, 0.3) is 0 Å². The highest BCUT2D eigenvalue weighted by molar-refractivity contribution is 7.91. The second-order valence-electron chi connectivity index (χ2n) is 3.27. The van der Waals surface area contributed by atoms with E-state index in [-0.39, 0.29) is 18.6 Å². The fourth-order valence-electron chi connectivity index (χ4n) is 0.812. The lowest BCUT2D eigenvalue weighted by Crippen LogP contribution is -2.48. The van der Waals surface area contributed by atoms with Gasteiger partial charge in [-0.1, -0.05) is 6.92 Å². The van der Waals surface area contributed by atoms with E-state index in [1.165, 1.54) is 6.26 Å². The Balaban J connectivity index is 4.39. The van der Waals surface area contributed by atoms with Crippen molar-refractivity contribution in [2.24, 2.45) is 5.73 Å². The van der Waals surface area contributed by atoms with E-state index in [4.69, 9.17) is 15.6 Å². The summed E-state index contributed by atoms with van der Waals surface area (Å²) < 4.78 is 18.1. The first-order valence-corrected chi connectivity index (χ1v) is 6.08. The molecule has 0 aromatic carbocycles. The minimum Gasteiger partial charge on any atom is -0.480 e. The summed E-state index contributed by atoms with van der Waals surface area (Å²) in [5, 5.41) is 8.75. The number of hydrogen-bond donors (Lipinski definition) is 3. The van der Waals surface area contributed by atoms with E-state index in [1.807, 2.05) is 0 Å². The van der Waals surface area contributed by atoms with Gasteiger partial charge in [0.1, 0.15) is 5.54 Å². The van der Waals surface area contributed by atoms with Crippen LogP contribution in [0.1, 0.15) is 19.8 Å². The molecule has 6 heteroatoms. The summed E-state index contributed by atoms with van der Waals surface area (Å²) in [7, 11) is -2.64. The minimum atomic E-state index is -2.64. The summed E-state index contributed by atoms with van der Waals surface area (Å²) >= 11 is 0. The molecule has 0 heterocycles. The van der Waals surface area contributed by atoms with Gasteiger partial charge in [-0.3, -0.25) is 13.8 Å². The monoisotopic (exact) mass is 208 g/mol. The van der Waals surface area contributed by atoms with Crippen molar-refractivity contribution in [3.05, 3.63) is 0 Å². The zero-order valence-electron chi connectivity index (χ0n) is 7.87. The van der Waals surface area contributed by atoms with Crippen LogP contribution in [0.5, 0.6) is 0 Å². The number of nitrogens with one attached hydrogen (secondary N) is 1. The topological polar surface area (TPSA) is 104 Å². The number of carbonyl (C=O) groups is 1. The summed E-state index contributed by atoms with van der Waals surface area (Å²) in [6.45, 7) is 1.66. The molecule has 4 N–H and O–H groups in total. The third kappa shape index (κ3) is 4.23. The summed E-state index contributed by atoms with van der Waals surface area (Å²) in [4.78, 5) is 10.7. The fourth-order valence-corrected chi connectivity index (χ4v) is 1.57. The largest absolute Gasteiger partial charge is 0.480 e. The highest BCUT2D eigenvalue weighted by Crippen LogP contribution is 2.13. The molecule has 0 saturated carbocycles. The maximum absolute atomic E-state index is 11.0. The number of hydrogen-bond acceptors (Lipinski definition) is 4. The number of rotatable bonds is 5. The number of nitrogens with two attached hydrogens (primary N) is 1. The van der Waals surface area contributed by atoms with Gasteiger partial charge in [0.05, 0.1) is 0 Å². The predicted octanol–water partition coefficient (Wildman–Crippen LogP) is 0.245. The van der Waals surface area contributed by atoms with Gasteiger partial charge in [-0.2, -0.15) is 0 Å². The quantitative estimate of drug-likeness (QED) is 0.602. The zero-order chi connectivity index (χ0) is 10.7. The normalized spacial score (nSPS) is 20.2. The molecule has 2 atom stereocenters. The average molecular weight is 208 g/mol. The van der Waals surface area contributed by atoms with Crippen LogP contribution >= 0.6 is 0 Å². The standard InChI is InChI=1S/C7H16N2O3S/c1-3-7(8,6(10)11)4-5-13(2,9)12/h9H,3-5,8H2,1-2H3,(H,10,11)/t7-,13+/m0/s1. The lowest BCUT2D eigenvalue weighted by Gasteiger charge is -2.22. The first kappa shape index (κ1) is 12.4. The van der Waals surface area contributed by atoms with Crippen LogP contribution in [0.2, 0.25) is 0 Å². The van der Waals surface area contributed by atoms with Gasteiger partial charge in [0, 0.05) is 21.7 Å². The molecule has 0 radical (unpaired) electrons. The van der Waals surface area contributed by atoms with E-state index in [2.05, 4.69) is 0 Å². The van der Waals surface area contributed by atoms with Crippen molar-refractivity contribution in [2.45, 2.75) is 25.3 Å². The van der Waals surface area contributed by atoms with Crippen molar-refractivity contribution in [3.63, 3.8) is 0 Å². The second kappa shape index (κ2) is 4.06. The predicted molar refractivity (Wildman–Crippen MR) is 51.1 cm³/mol. The minimum absolute atomic E-state index is 0.0314. The van der Waals surface area contributed by atoms with Crippen molar-refractivity contribution in [2.75, 3.05) is 12.0 Å². The molecule has 0 aromatic heterocycles. The van der Waals surface area contributed by atoms with Crippen molar-refractivity contribution < 1.29 is 14.1 Å². The van der Waals surface area contributed by atoms with Crippen LogP contribution in [0.4, 0.5) is 0 Å². The van der Waals surface area contributed by atoms with Gasteiger partial charge < -0.3 is 10.8 Å². The average Bonchev–Trinajstić information content (AvgIpc) is 1.98. The third-order valence-electron chi connectivity index (χ3n) is 1.99. The zero-order valence-corrected chi connectivity index (χ0v) is 8.69. The summed E-state index contributed by atoms with van der Waals surface area (Å²) in [5.74, 6) is -1.07. The molecule has 0 amide bonds. The van der Waals surface area contributed by atoms with Gasteiger partial charge in [0.15, 0.2) is 0 Å². The third-order valence-corrected chi connectivity index (χ3v) is 2.98. The summed E-state index contributed by atoms with van der Waals surface area (Å²) in [6.07, 6.45) is 1.64. The molecule has 0 aliphatic rings. The molecule has 0 saturated heterocycles. The molecule has 0 rings (SSSR count). The fraction of sp³-hybridized carbons (Fsp3) is 0.857. The molecule has 78 valence electrons. The molecule has 13 heavy (non-hydrogen) atoms. The van der Waals surface area contributed by atoms with Crippen molar-refractivity contribution >= 4 is 15.7 Å². The lowest BCUT2D eigenvalue weighted by molar-refractivity contribution is -0.143. The van der Waals surface area contributed by atoms with E-state index in [9.17, 15) is 9.00 Å². The Labute approximate surface area is 78.3 Å². The van der Waals surface area contributed by atoms with Gasteiger partial charge in [0.25, 0.3) is 0 Å². The van der Waals surface area contributed by atoms with Gasteiger partial charge in [-0.25, -0.2) is 0 Å². The smallest absolute Gasteiger partial charge is 0.323 e. The molecular weight excluding hydrogens is 192 g/mol. The molecule has 0 fully saturated rings. The van der Waals surface area contributed by atoms with E-state index < -0.39 is 21.2 Å². The van der Waals surface area contributed by atoms with Crippen LogP contribution < -0.4 is 5.73 Å². The van der Waals surface area contributed by atoms with Gasteiger partial charge in [-0.15, -0.1) is 0 Å². The number of carboxylic acid groups (broad SMARTS) is 1. The molecular formula is C7H16N2O3S. The maximum Gasteiger partial charge on any atom is 0.323 e. The van der Waals surface area contributed by atoms with E-state index in [0.717, 1.165) is 0 Å². The van der Waals surface area contributed by atoms with Crippen LogP contribution in [-0.4, -0.2) is 32.8 Å².